The molecule has 0 bridgehead atoms. The van der Waals surface area contributed by atoms with Crippen LogP contribution < -0.4 is 0 Å². The molecule has 1 saturated heterocycles. The molecule has 23 heavy (non-hydrogen) atoms. The number of thiazole rings is 1. The van der Waals surface area contributed by atoms with E-state index in [-0.39, 0.29) is 11.9 Å². The summed E-state index contributed by atoms with van der Waals surface area (Å²) in [6.45, 7) is 1.48. The van der Waals surface area contributed by atoms with E-state index in [1.165, 1.54) is 11.0 Å². The van der Waals surface area contributed by atoms with Gasteiger partial charge in [-0.3, -0.25) is 4.79 Å². The van der Waals surface area contributed by atoms with Crippen molar-refractivity contribution in [1.82, 2.24) is 24.6 Å². The fourth-order valence-electron chi connectivity index (χ4n) is 2.81. The van der Waals surface area contributed by atoms with Crippen molar-refractivity contribution < 1.29 is 4.79 Å². The van der Waals surface area contributed by atoms with Crippen LogP contribution in [0.4, 0.5) is 0 Å². The second kappa shape index (κ2) is 6.08. The fourth-order valence-corrected chi connectivity index (χ4v) is 3.82. The van der Waals surface area contributed by atoms with Crippen LogP contribution in [-0.2, 0) is 11.2 Å². The van der Waals surface area contributed by atoms with Gasteiger partial charge in [-0.2, -0.15) is 5.10 Å². The zero-order valence-electron chi connectivity index (χ0n) is 12.6. The topological polar surface area (TPSA) is 63.9 Å². The van der Waals surface area contributed by atoms with Gasteiger partial charge in [-0.15, -0.1) is 11.3 Å². The molecule has 0 atom stereocenters. The molecule has 1 amide bonds. The Bertz CT molecular complexity index is 774. The molecular weight excluding hydrogens is 310 g/mol. The number of carbonyl (C=O) groups is 1. The Hall–Kier alpha value is -2.28. The molecule has 4 rings (SSSR count). The first-order valence-corrected chi connectivity index (χ1v) is 8.57. The number of aromatic nitrogens is 4. The summed E-state index contributed by atoms with van der Waals surface area (Å²) in [5, 5.41) is 5.23. The van der Waals surface area contributed by atoms with Crippen LogP contribution in [0.1, 0.15) is 23.9 Å². The third-order valence-corrected chi connectivity index (χ3v) is 5.24. The Morgan fingerprint density at radius 2 is 2.17 bits per heavy atom. The Balaban J connectivity index is 1.24. The molecule has 7 heteroatoms. The molecular formula is C16H17N5OS. The summed E-state index contributed by atoms with van der Waals surface area (Å²) in [5.74, 6) is 0.225. The molecule has 1 aliphatic rings. The van der Waals surface area contributed by atoms with Gasteiger partial charge >= 0.3 is 0 Å². The van der Waals surface area contributed by atoms with E-state index in [0.717, 1.165) is 36.5 Å². The summed E-state index contributed by atoms with van der Waals surface area (Å²) in [6, 6.07) is 8.44. The van der Waals surface area contributed by atoms with Gasteiger partial charge in [-0.1, -0.05) is 12.1 Å². The molecule has 0 radical (unpaired) electrons. The number of hydrogen-bond donors (Lipinski definition) is 0. The number of likely N-dealkylation sites (tertiary alicyclic amines) is 1. The molecule has 1 aliphatic heterocycles. The lowest BCUT2D eigenvalue weighted by Gasteiger charge is -2.39. The Morgan fingerprint density at radius 1 is 1.30 bits per heavy atom. The Morgan fingerprint density at radius 3 is 2.96 bits per heavy atom. The molecule has 3 heterocycles. The standard InChI is InChI=1S/C16H17N5OS/c22-16(20-8-12(9-20)21-11-17-10-18-21)7-3-6-15-19-13-4-1-2-5-14(13)23-15/h1-2,4-5,10-12H,3,6-9H2. The lowest BCUT2D eigenvalue weighted by Crippen LogP contribution is -2.50. The molecule has 0 aliphatic carbocycles. The van der Waals surface area contributed by atoms with E-state index in [1.807, 2.05) is 27.8 Å². The highest BCUT2D eigenvalue weighted by Gasteiger charge is 2.31. The van der Waals surface area contributed by atoms with Crippen LogP contribution in [0.5, 0.6) is 0 Å². The quantitative estimate of drug-likeness (QED) is 0.721. The number of amides is 1. The number of hydrogen-bond acceptors (Lipinski definition) is 5. The maximum Gasteiger partial charge on any atom is 0.222 e. The minimum atomic E-state index is 0.225. The number of benzene rings is 1. The molecule has 0 saturated carbocycles. The van der Waals surface area contributed by atoms with E-state index in [2.05, 4.69) is 21.1 Å². The normalized spacial score (nSPS) is 15.0. The van der Waals surface area contributed by atoms with Gasteiger partial charge in [0.05, 0.1) is 21.3 Å². The monoisotopic (exact) mass is 327 g/mol. The summed E-state index contributed by atoms with van der Waals surface area (Å²) < 4.78 is 3.04. The predicted molar refractivity (Wildman–Crippen MR) is 88.2 cm³/mol. The summed E-state index contributed by atoms with van der Waals surface area (Å²) >= 11 is 1.72. The van der Waals surface area contributed by atoms with E-state index >= 15 is 0 Å². The van der Waals surface area contributed by atoms with Gasteiger partial charge in [0, 0.05) is 19.5 Å². The number of para-hydroxylation sites is 1. The van der Waals surface area contributed by atoms with Gasteiger partial charge < -0.3 is 4.90 Å². The van der Waals surface area contributed by atoms with Crippen LogP contribution in [-0.4, -0.2) is 43.6 Å². The number of aryl methyl sites for hydroxylation is 1. The number of carbonyl (C=O) groups excluding carboxylic acids is 1. The van der Waals surface area contributed by atoms with Crippen LogP contribution >= 0.6 is 11.3 Å². The maximum absolute atomic E-state index is 12.2. The highest BCUT2D eigenvalue weighted by molar-refractivity contribution is 7.18. The molecule has 2 aromatic heterocycles. The third kappa shape index (κ3) is 2.96. The highest BCUT2D eigenvalue weighted by atomic mass is 32.1. The molecule has 1 fully saturated rings. The van der Waals surface area contributed by atoms with E-state index in [4.69, 9.17) is 0 Å². The van der Waals surface area contributed by atoms with E-state index < -0.39 is 0 Å². The average molecular weight is 327 g/mol. The summed E-state index contributed by atoms with van der Waals surface area (Å²) in [6.07, 6.45) is 5.54. The first-order chi connectivity index (χ1) is 11.3. The zero-order valence-corrected chi connectivity index (χ0v) is 13.4. The SMILES string of the molecule is O=C(CCCc1nc2ccccc2s1)N1CC(n2cncn2)C1. The second-order valence-corrected chi connectivity index (χ2v) is 6.87. The van der Waals surface area contributed by atoms with Crippen LogP contribution in [0, 0.1) is 0 Å². The van der Waals surface area contributed by atoms with Crippen LogP contribution in [0.3, 0.4) is 0 Å². The second-order valence-electron chi connectivity index (χ2n) is 5.76. The average Bonchev–Trinajstić information content (AvgIpc) is 3.14. The van der Waals surface area contributed by atoms with E-state index in [9.17, 15) is 4.79 Å². The molecule has 0 unspecified atom stereocenters. The van der Waals surface area contributed by atoms with Crippen molar-refractivity contribution in [2.45, 2.75) is 25.3 Å². The van der Waals surface area contributed by atoms with Crippen LogP contribution in [0.2, 0.25) is 0 Å². The molecule has 118 valence electrons. The number of nitrogens with zero attached hydrogens (tertiary/aromatic N) is 5. The van der Waals surface area contributed by atoms with Crippen molar-refractivity contribution >= 4 is 27.5 Å². The Labute approximate surface area is 137 Å². The minimum absolute atomic E-state index is 0.225. The summed E-state index contributed by atoms with van der Waals surface area (Å²) in [4.78, 5) is 22.6. The predicted octanol–water partition coefficient (Wildman–Crippen LogP) is 2.29. The Kier molecular flexibility index (Phi) is 3.78. The molecule has 6 nitrogen and oxygen atoms in total. The van der Waals surface area contributed by atoms with Crippen LogP contribution in [0.25, 0.3) is 10.2 Å². The largest absolute Gasteiger partial charge is 0.338 e. The fraction of sp³-hybridized carbons (Fsp3) is 0.375. The molecule has 0 spiro atoms. The lowest BCUT2D eigenvalue weighted by molar-refractivity contribution is -0.137. The van der Waals surface area contributed by atoms with Crippen molar-refractivity contribution in [3.8, 4) is 0 Å². The molecule has 1 aromatic carbocycles. The molecule has 3 aromatic rings. The number of rotatable bonds is 5. The van der Waals surface area contributed by atoms with Gasteiger partial charge in [-0.05, 0) is 25.0 Å². The third-order valence-electron chi connectivity index (χ3n) is 4.15. The van der Waals surface area contributed by atoms with Gasteiger partial charge in [-0.25, -0.2) is 14.6 Å². The first kappa shape index (κ1) is 14.3. The van der Waals surface area contributed by atoms with Crippen molar-refractivity contribution in [2.75, 3.05) is 13.1 Å². The van der Waals surface area contributed by atoms with E-state index in [1.54, 1.807) is 17.7 Å². The number of fused-ring (bicyclic) bond motifs is 1. The van der Waals surface area contributed by atoms with E-state index in [0.29, 0.717) is 6.42 Å². The summed E-state index contributed by atoms with van der Waals surface area (Å²) in [5.41, 5.74) is 1.05. The van der Waals surface area contributed by atoms with Gasteiger partial charge in [0.15, 0.2) is 0 Å². The van der Waals surface area contributed by atoms with Crippen molar-refractivity contribution in [3.05, 3.63) is 41.9 Å². The molecule has 0 N–H and O–H groups in total. The van der Waals surface area contributed by atoms with Crippen molar-refractivity contribution in [1.29, 1.82) is 0 Å². The first-order valence-electron chi connectivity index (χ1n) is 7.76. The van der Waals surface area contributed by atoms with Crippen molar-refractivity contribution in [3.63, 3.8) is 0 Å². The maximum atomic E-state index is 12.2. The smallest absolute Gasteiger partial charge is 0.222 e. The van der Waals surface area contributed by atoms with Gasteiger partial charge in [0.25, 0.3) is 0 Å². The summed E-state index contributed by atoms with van der Waals surface area (Å²) in [7, 11) is 0. The minimum Gasteiger partial charge on any atom is -0.338 e. The van der Waals surface area contributed by atoms with Crippen molar-refractivity contribution in [2.24, 2.45) is 0 Å². The lowest BCUT2D eigenvalue weighted by atomic mass is 10.1. The highest BCUT2D eigenvalue weighted by Crippen LogP contribution is 2.24. The zero-order chi connectivity index (χ0) is 15.6. The van der Waals surface area contributed by atoms with Gasteiger partial charge in [0.1, 0.15) is 12.7 Å². The van der Waals surface area contributed by atoms with Gasteiger partial charge in [0.2, 0.25) is 5.91 Å². The van der Waals surface area contributed by atoms with Crippen LogP contribution in [0.15, 0.2) is 36.9 Å².